The van der Waals surface area contributed by atoms with Crippen LogP contribution in [-0.2, 0) is 11.3 Å². The zero-order valence-corrected chi connectivity index (χ0v) is 14.1. The molecule has 0 aliphatic carbocycles. The normalized spacial score (nSPS) is 16.1. The van der Waals surface area contributed by atoms with Crippen LogP contribution in [-0.4, -0.2) is 21.9 Å². The largest absolute Gasteiger partial charge is 0.339 e. The van der Waals surface area contributed by atoms with Crippen LogP contribution in [0.25, 0.3) is 0 Å². The quantitative estimate of drug-likeness (QED) is 0.632. The van der Waals surface area contributed by atoms with Crippen molar-refractivity contribution in [2.75, 3.05) is 11.4 Å². The van der Waals surface area contributed by atoms with Crippen molar-refractivity contribution in [2.45, 2.75) is 26.3 Å². The number of carbonyl (C=O) groups is 1. The Kier molecular flexibility index (Phi) is 4.39. The molecule has 2 heterocycles. The summed E-state index contributed by atoms with van der Waals surface area (Å²) in [7, 11) is 0. The molecule has 7 heteroatoms. The topological polar surface area (TPSA) is 85.5 Å². The third-order valence-corrected chi connectivity index (χ3v) is 4.58. The van der Waals surface area contributed by atoms with Gasteiger partial charge in [0.1, 0.15) is 6.54 Å². The Morgan fingerprint density at radius 1 is 1.32 bits per heavy atom. The maximum absolute atomic E-state index is 12.8. The van der Waals surface area contributed by atoms with E-state index in [2.05, 4.69) is 13.8 Å². The van der Waals surface area contributed by atoms with Crippen LogP contribution in [0.1, 0.15) is 25.3 Å². The van der Waals surface area contributed by atoms with Gasteiger partial charge >= 0.3 is 5.69 Å². The van der Waals surface area contributed by atoms with Crippen molar-refractivity contribution in [1.29, 1.82) is 0 Å². The fourth-order valence-corrected chi connectivity index (χ4v) is 3.24. The van der Waals surface area contributed by atoms with Gasteiger partial charge in [0.15, 0.2) is 0 Å². The highest BCUT2D eigenvalue weighted by Gasteiger charge is 2.33. The molecule has 1 aromatic carbocycles. The molecule has 0 bridgehead atoms. The first-order chi connectivity index (χ1) is 11.9. The molecule has 25 heavy (non-hydrogen) atoms. The van der Waals surface area contributed by atoms with E-state index in [1.165, 1.54) is 10.8 Å². The molecule has 130 valence electrons. The third-order valence-electron chi connectivity index (χ3n) is 4.58. The Hall–Kier alpha value is -2.96. The summed E-state index contributed by atoms with van der Waals surface area (Å²) in [5.74, 6) is 0.504. The van der Waals surface area contributed by atoms with Crippen molar-refractivity contribution in [3.05, 3.63) is 68.6 Å². The Bertz CT molecular complexity index is 888. The zero-order valence-electron chi connectivity index (χ0n) is 14.1. The lowest BCUT2D eigenvalue weighted by molar-refractivity contribution is -0.386. The van der Waals surface area contributed by atoms with Crippen LogP contribution in [0, 0.1) is 16.0 Å². The second kappa shape index (κ2) is 6.51. The number of aromatic nitrogens is 1. The van der Waals surface area contributed by atoms with E-state index in [4.69, 9.17) is 0 Å². The van der Waals surface area contributed by atoms with Crippen molar-refractivity contribution >= 4 is 17.3 Å². The molecule has 0 unspecified atom stereocenters. The second-order valence-corrected chi connectivity index (χ2v) is 6.54. The van der Waals surface area contributed by atoms with Crippen molar-refractivity contribution < 1.29 is 9.72 Å². The molecule has 0 N–H and O–H groups in total. The van der Waals surface area contributed by atoms with E-state index in [0.29, 0.717) is 12.5 Å². The van der Waals surface area contributed by atoms with Gasteiger partial charge in [0.25, 0.3) is 5.43 Å². The van der Waals surface area contributed by atoms with Crippen LogP contribution in [0.2, 0.25) is 0 Å². The molecule has 1 aliphatic rings. The van der Waals surface area contributed by atoms with Gasteiger partial charge in [-0.3, -0.25) is 19.7 Å². The predicted octanol–water partition coefficient (Wildman–Crippen LogP) is 2.54. The van der Waals surface area contributed by atoms with Crippen molar-refractivity contribution in [2.24, 2.45) is 5.92 Å². The summed E-state index contributed by atoms with van der Waals surface area (Å²) in [6.07, 6.45) is 2.51. The van der Waals surface area contributed by atoms with Gasteiger partial charge in [0.05, 0.1) is 11.1 Å². The standard InChI is InChI=1S/C18H19N3O4/c1-12(2)14-9-20(15-6-4-3-5-13(14)15)18(23)11-19-8-7-17(22)16(10-19)21(24)25/h3-8,10,12,14H,9,11H2,1-2H3/t14-/m1/s1. The number of nitrogens with zero attached hydrogens (tertiary/aromatic N) is 3. The number of pyridine rings is 1. The van der Waals surface area contributed by atoms with Crippen molar-refractivity contribution in [1.82, 2.24) is 4.57 Å². The summed E-state index contributed by atoms with van der Waals surface area (Å²) in [6.45, 7) is 4.79. The number of nitro groups is 1. The lowest BCUT2D eigenvalue weighted by Gasteiger charge is -2.19. The Balaban J connectivity index is 1.86. The van der Waals surface area contributed by atoms with E-state index in [9.17, 15) is 19.7 Å². The Labute approximate surface area is 144 Å². The predicted molar refractivity (Wildman–Crippen MR) is 93.7 cm³/mol. The van der Waals surface area contributed by atoms with E-state index in [1.54, 1.807) is 4.90 Å². The molecule has 1 aliphatic heterocycles. The summed E-state index contributed by atoms with van der Waals surface area (Å²) >= 11 is 0. The monoisotopic (exact) mass is 341 g/mol. The molecule has 0 fully saturated rings. The molecule has 0 saturated heterocycles. The van der Waals surface area contributed by atoms with Gasteiger partial charge in [-0.1, -0.05) is 32.0 Å². The molecule has 0 saturated carbocycles. The van der Waals surface area contributed by atoms with Crippen LogP contribution in [0.5, 0.6) is 0 Å². The molecule has 1 amide bonds. The number of hydrogen-bond acceptors (Lipinski definition) is 4. The maximum Gasteiger partial charge on any atom is 0.332 e. The number of rotatable bonds is 4. The summed E-state index contributed by atoms with van der Waals surface area (Å²) in [4.78, 5) is 36.1. The van der Waals surface area contributed by atoms with Gasteiger partial charge in [-0.15, -0.1) is 0 Å². The number of fused-ring (bicyclic) bond motifs is 1. The van der Waals surface area contributed by atoms with Gasteiger partial charge in [-0.25, -0.2) is 0 Å². The average Bonchev–Trinajstić information content (AvgIpc) is 2.96. The van der Waals surface area contributed by atoms with Gasteiger partial charge in [-0.05, 0) is 17.5 Å². The molecule has 0 radical (unpaired) electrons. The van der Waals surface area contributed by atoms with Crippen LogP contribution in [0.15, 0.2) is 47.5 Å². The maximum atomic E-state index is 12.8. The molecule has 2 aromatic rings. The molecular formula is C18H19N3O4. The first-order valence-electron chi connectivity index (χ1n) is 8.12. The summed E-state index contributed by atoms with van der Waals surface area (Å²) in [5.41, 5.74) is 0.843. The van der Waals surface area contributed by atoms with Gasteiger partial charge < -0.3 is 9.47 Å². The summed E-state index contributed by atoms with van der Waals surface area (Å²) < 4.78 is 1.38. The van der Waals surface area contributed by atoms with E-state index >= 15 is 0 Å². The molecule has 1 aromatic heterocycles. The first-order valence-corrected chi connectivity index (χ1v) is 8.12. The van der Waals surface area contributed by atoms with E-state index < -0.39 is 16.0 Å². The van der Waals surface area contributed by atoms with Gasteiger partial charge in [0.2, 0.25) is 5.91 Å². The van der Waals surface area contributed by atoms with Crippen LogP contribution in [0.3, 0.4) is 0 Å². The first kappa shape index (κ1) is 16.9. The Morgan fingerprint density at radius 2 is 2.04 bits per heavy atom. The number of anilines is 1. The molecule has 1 atom stereocenters. The highest BCUT2D eigenvalue weighted by Crippen LogP contribution is 2.40. The van der Waals surface area contributed by atoms with Gasteiger partial charge in [0, 0.05) is 30.4 Å². The summed E-state index contributed by atoms with van der Waals surface area (Å²) in [6, 6.07) is 8.93. The van der Waals surface area contributed by atoms with Crippen LogP contribution in [0.4, 0.5) is 11.4 Å². The number of carbonyl (C=O) groups excluding carboxylic acids is 1. The van der Waals surface area contributed by atoms with E-state index in [-0.39, 0.29) is 18.4 Å². The summed E-state index contributed by atoms with van der Waals surface area (Å²) in [5, 5.41) is 10.9. The lowest BCUT2D eigenvalue weighted by atomic mass is 9.90. The second-order valence-electron chi connectivity index (χ2n) is 6.54. The molecule has 3 rings (SSSR count). The Morgan fingerprint density at radius 3 is 2.72 bits per heavy atom. The minimum atomic E-state index is -0.733. The minimum absolute atomic E-state index is 0.0553. The van der Waals surface area contributed by atoms with E-state index in [0.717, 1.165) is 23.5 Å². The van der Waals surface area contributed by atoms with Crippen molar-refractivity contribution in [3.63, 3.8) is 0 Å². The molecule has 0 spiro atoms. The highest BCUT2D eigenvalue weighted by atomic mass is 16.6. The number of amides is 1. The number of benzene rings is 1. The minimum Gasteiger partial charge on any atom is -0.339 e. The average molecular weight is 341 g/mol. The fourth-order valence-electron chi connectivity index (χ4n) is 3.24. The van der Waals surface area contributed by atoms with Crippen LogP contribution >= 0.6 is 0 Å². The molecule has 7 nitrogen and oxygen atoms in total. The number of hydrogen-bond donors (Lipinski definition) is 0. The third kappa shape index (κ3) is 3.17. The SMILES string of the molecule is CC(C)[C@H]1CN(C(=O)Cn2ccc(=O)c([N+](=O)[O-])c2)c2ccccc21. The smallest absolute Gasteiger partial charge is 0.332 e. The van der Waals surface area contributed by atoms with Crippen LogP contribution < -0.4 is 10.3 Å². The highest BCUT2D eigenvalue weighted by molar-refractivity contribution is 5.95. The van der Waals surface area contributed by atoms with E-state index in [1.807, 2.05) is 24.3 Å². The zero-order chi connectivity index (χ0) is 18.1. The number of para-hydroxylation sites is 1. The lowest BCUT2D eigenvalue weighted by Crippen LogP contribution is -2.33. The molecular weight excluding hydrogens is 322 g/mol. The van der Waals surface area contributed by atoms with Crippen molar-refractivity contribution in [3.8, 4) is 0 Å². The fraction of sp³-hybridized carbons (Fsp3) is 0.333. The van der Waals surface area contributed by atoms with Gasteiger partial charge in [-0.2, -0.15) is 0 Å².